The number of nitrogens with one attached hydrogen (secondary N) is 2. The summed E-state index contributed by atoms with van der Waals surface area (Å²) in [6, 6.07) is 12.0. The summed E-state index contributed by atoms with van der Waals surface area (Å²) in [5.74, 6) is 0.364. The number of nitro benzene ring substituents is 1. The number of likely N-dealkylation sites (N-methyl/N-ethyl adjacent to an activating group) is 1. The Bertz CT molecular complexity index is 1040. The average Bonchev–Trinajstić information content (AvgIpc) is 3.19. The molecule has 30 heavy (non-hydrogen) atoms. The molecule has 0 radical (unpaired) electrons. The van der Waals surface area contributed by atoms with E-state index in [4.69, 9.17) is 4.74 Å². The lowest BCUT2D eigenvalue weighted by Gasteiger charge is -2.30. The van der Waals surface area contributed by atoms with Crippen LogP contribution >= 0.6 is 0 Å². The molecule has 0 saturated heterocycles. The van der Waals surface area contributed by atoms with Crippen molar-refractivity contribution in [3.63, 3.8) is 0 Å². The molecule has 0 saturated carbocycles. The lowest BCUT2D eigenvalue weighted by atomic mass is 10.0. The van der Waals surface area contributed by atoms with Gasteiger partial charge >= 0.3 is 0 Å². The summed E-state index contributed by atoms with van der Waals surface area (Å²) in [4.78, 5) is 25.7. The van der Waals surface area contributed by atoms with Crippen molar-refractivity contribution in [1.82, 2.24) is 20.4 Å². The molecule has 0 spiro atoms. The maximum absolute atomic E-state index is 12.9. The molecule has 0 fully saturated rings. The molecule has 2 aromatic carbocycles. The highest BCUT2D eigenvalue weighted by molar-refractivity contribution is 6.05. The number of amides is 1. The van der Waals surface area contributed by atoms with Crippen molar-refractivity contribution in [3.8, 4) is 5.75 Å². The van der Waals surface area contributed by atoms with E-state index in [2.05, 4.69) is 34.3 Å². The Labute approximate surface area is 174 Å². The van der Waals surface area contributed by atoms with Gasteiger partial charge in [0.1, 0.15) is 5.75 Å². The van der Waals surface area contributed by atoms with Crippen LogP contribution < -0.4 is 10.1 Å². The monoisotopic (exact) mass is 411 g/mol. The Morgan fingerprint density at radius 1 is 1.27 bits per heavy atom. The van der Waals surface area contributed by atoms with Gasteiger partial charge in [-0.15, -0.1) is 0 Å². The first kappa shape index (κ1) is 21.3. The van der Waals surface area contributed by atoms with Gasteiger partial charge < -0.3 is 10.1 Å². The summed E-state index contributed by atoms with van der Waals surface area (Å²) >= 11 is 0. The highest BCUT2D eigenvalue weighted by atomic mass is 16.6. The van der Waals surface area contributed by atoms with Gasteiger partial charge in [0.25, 0.3) is 11.6 Å². The van der Waals surface area contributed by atoms with Crippen LogP contribution in [0, 0.1) is 10.1 Å². The molecule has 1 heterocycles. The van der Waals surface area contributed by atoms with Gasteiger partial charge in [-0.3, -0.25) is 24.9 Å². The van der Waals surface area contributed by atoms with E-state index in [1.54, 1.807) is 13.2 Å². The van der Waals surface area contributed by atoms with Gasteiger partial charge in [0.15, 0.2) is 5.69 Å². The summed E-state index contributed by atoms with van der Waals surface area (Å²) in [5.41, 5.74) is 1.65. The van der Waals surface area contributed by atoms with E-state index in [0.29, 0.717) is 17.4 Å². The molecule has 9 heteroatoms. The lowest BCUT2D eigenvalue weighted by Crippen LogP contribution is -2.38. The van der Waals surface area contributed by atoms with Crippen LogP contribution in [0.25, 0.3) is 10.9 Å². The van der Waals surface area contributed by atoms with Crippen molar-refractivity contribution < 1.29 is 14.5 Å². The molecular formula is C21H25N5O4. The van der Waals surface area contributed by atoms with Gasteiger partial charge in [0.05, 0.1) is 23.6 Å². The second-order valence-electron chi connectivity index (χ2n) is 6.78. The molecule has 3 rings (SSSR count). The van der Waals surface area contributed by atoms with Gasteiger partial charge in [0, 0.05) is 24.1 Å². The molecule has 158 valence electrons. The van der Waals surface area contributed by atoms with E-state index in [0.717, 1.165) is 24.4 Å². The van der Waals surface area contributed by atoms with Crippen LogP contribution in [0.4, 0.5) is 5.69 Å². The van der Waals surface area contributed by atoms with E-state index in [-0.39, 0.29) is 23.3 Å². The fourth-order valence-corrected chi connectivity index (χ4v) is 3.53. The van der Waals surface area contributed by atoms with E-state index >= 15 is 0 Å². The molecule has 2 N–H and O–H groups in total. The Morgan fingerprint density at radius 2 is 2.03 bits per heavy atom. The zero-order valence-electron chi connectivity index (χ0n) is 17.2. The van der Waals surface area contributed by atoms with Gasteiger partial charge in [-0.2, -0.15) is 5.10 Å². The molecule has 0 bridgehead atoms. The van der Waals surface area contributed by atoms with E-state index in [9.17, 15) is 14.9 Å². The molecule has 1 atom stereocenters. The number of carbonyl (C=O) groups is 1. The fraction of sp³-hybridized carbons (Fsp3) is 0.333. The topological polar surface area (TPSA) is 113 Å². The van der Waals surface area contributed by atoms with Crippen molar-refractivity contribution >= 4 is 22.5 Å². The number of H-pyrrole nitrogens is 1. The minimum atomic E-state index is -0.493. The number of fused-ring (bicyclic) bond motifs is 1. The lowest BCUT2D eigenvalue weighted by molar-refractivity contribution is -0.384. The third kappa shape index (κ3) is 4.41. The Hall–Kier alpha value is -3.46. The Kier molecular flexibility index (Phi) is 6.63. The van der Waals surface area contributed by atoms with Crippen molar-refractivity contribution in [3.05, 3.63) is 63.8 Å². The Balaban J connectivity index is 1.84. The molecular weight excluding hydrogens is 386 g/mol. The Morgan fingerprint density at radius 3 is 2.70 bits per heavy atom. The highest BCUT2D eigenvalue weighted by Gasteiger charge is 2.22. The molecule has 1 unspecified atom stereocenters. The predicted octanol–water partition coefficient (Wildman–Crippen LogP) is 3.29. The van der Waals surface area contributed by atoms with Crippen molar-refractivity contribution in [2.24, 2.45) is 0 Å². The zero-order valence-corrected chi connectivity index (χ0v) is 17.2. The SMILES string of the molecule is CCN(CC)C(CNC(=O)c1n[nH]c2ccc([N+](=O)[O-])cc12)c1cccc(OC)c1. The molecule has 0 aliphatic rings. The highest BCUT2D eigenvalue weighted by Crippen LogP contribution is 2.25. The van der Waals surface area contributed by atoms with Gasteiger partial charge in [-0.25, -0.2) is 0 Å². The first-order valence-electron chi connectivity index (χ1n) is 9.77. The van der Waals surface area contributed by atoms with Crippen LogP contribution in [-0.4, -0.2) is 52.7 Å². The number of ether oxygens (including phenoxy) is 1. The normalized spacial score (nSPS) is 12.1. The quantitative estimate of drug-likeness (QED) is 0.413. The predicted molar refractivity (Wildman–Crippen MR) is 114 cm³/mol. The van der Waals surface area contributed by atoms with Crippen molar-refractivity contribution in [1.29, 1.82) is 0 Å². The van der Waals surface area contributed by atoms with Crippen LogP contribution in [0.1, 0.15) is 35.9 Å². The van der Waals surface area contributed by atoms with Crippen LogP contribution in [0.5, 0.6) is 5.75 Å². The summed E-state index contributed by atoms with van der Waals surface area (Å²) < 4.78 is 5.34. The first-order chi connectivity index (χ1) is 14.5. The number of aromatic nitrogens is 2. The summed E-state index contributed by atoms with van der Waals surface area (Å²) in [5, 5.41) is 21.2. The maximum Gasteiger partial charge on any atom is 0.272 e. The molecule has 9 nitrogen and oxygen atoms in total. The number of rotatable bonds is 9. The molecule has 3 aromatic rings. The standard InChI is InChI=1S/C21H25N5O4/c1-4-25(5-2)19(14-7-6-8-16(11-14)30-3)13-22-21(27)20-17-12-15(26(28)29)9-10-18(17)23-24-20/h6-12,19H,4-5,13H2,1-3H3,(H,22,27)(H,23,24). The minimum Gasteiger partial charge on any atom is -0.497 e. The largest absolute Gasteiger partial charge is 0.497 e. The number of hydrogen-bond acceptors (Lipinski definition) is 6. The zero-order chi connectivity index (χ0) is 21.7. The van der Waals surface area contributed by atoms with Crippen molar-refractivity contribution in [2.75, 3.05) is 26.7 Å². The van der Waals surface area contributed by atoms with Crippen molar-refractivity contribution in [2.45, 2.75) is 19.9 Å². The minimum absolute atomic E-state index is 0.0569. The van der Waals surface area contributed by atoms with Crippen LogP contribution in [0.3, 0.4) is 0 Å². The number of aromatic amines is 1. The number of nitro groups is 1. The second-order valence-corrected chi connectivity index (χ2v) is 6.78. The smallest absolute Gasteiger partial charge is 0.272 e. The van der Waals surface area contributed by atoms with Crippen LogP contribution in [0.2, 0.25) is 0 Å². The summed E-state index contributed by atoms with van der Waals surface area (Å²) in [6.45, 7) is 6.12. The van der Waals surface area contributed by atoms with Gasteiger partial charge in [0.2, 0.25) is 0 Å². The molecule has 1 aromatic heterocycles. The number of non-ortho nitro benzene ring substituents is 1. The fourth-order valence-electron chi connectivity index (χ4n) is 3.53. The van der Waals surface area contributed by atoms with Crippen LogP contribution in [0.15, 0.2) is 42.5 Å². The van der Waals surface area contributed by atoms with Gasteiger partial charge in [-0.1, -0.05) is 26.0 Å². The van der Waals surface area contributed by atoms with Gasteiger partial charge in [-0.05, 0) is 36.9 Å². The number of carbonyl (C=O) groups excluding carboxylic acids is 1. The third-order valence-corrected chi connectivity index (χ3v) is 5.16. The van der Waals surface area contributed by atoms with E-state index in [1.807, 2.05) is 24.3 Å². The van der Waals surface area contributed by atoms with E-state index < -0.39 is 4.92 Å². The second kappa shape index (κ2) is 9.36. The number of methoxy groups -OCH3 is 1. The first-order valence-corrected chi connectivity index (χ1v) is 9.77. The molecule has 0 aliphatic carbocycles. The number of nitrogens with zero attached hydrogens (tertiary/aromatic N) is 3. The number of benzene rings is 2. The molecule has 1 amide bonds. The number of hydrogen-bond donors (Lipinski definition) is 2. The van der Waals surface area contributed by atoms with E-state index in [1.165, 1.54) is 12.1 Å². The maximum atomic E-state index is 12.9. The third-order valence-electron chi connectivity index (χ3n) is 5.16. The average molecular weight is 411 g/mol. The summed E-state index contributed by atoms with van der Waals surface area (Å²) in [7, 11) is 1.62. The summed E-state index contributed by atoms with van der Waals surface area (Å²) in [6.07, 6.45) is 0. The molecule has 0 aliphatic heterocycles. The van der Waals surface area contributed by atoms with Crippen LogP contribution in [-0.2, 0) is 0 Å².